The summed E-state index contributed by atoms with van der Waals surface area (Å²) >= 11 is 5.28. The minimum Gasteiger partial charge on any atom is -0.383 e. The highest BCUT2D eigenvalue weighted by atomic mass is 32.2. The molecule has 104 valence electrons. The molecule has 0 bridgehead atoms. The van der Waals surface area contributed by atoms with Gasteiger partial charge in [0.2, 0.25) is 0 Å². The van der Waals surface area contributed by atoms with E-state index in [0.717, 1.165) is 5.52 Å². The lowest BCUT2D eigenvalue weighted by molar-refractivity contribution is 0.163. The summed E-state index contributed by atoms with van der Waals surface area (Å²) in [6.45, 7) is 2.48. The lowest BCUT2D eigenvalue weighted by Crippen LogP contribution is -2.11. The number of ether oxygens (including phenoxy) is 1. The zero-order valence-electron chi connectivity index (χ0n) is 11.0. The summed E-state index contributed by atoms with van der Waals surface area (Å²) in [6.07, 6.45) is 1.19. The number of hydrogen-bond acceptors (Lipinski definition) is 4. The van der Waals surface area contributed by atoms with Gasteiger partial charge in [0.25, 0.3) is 0 Å². The van der Waals surface area contributed by atoms with E-state index in [2.05, 4.69) is 4.98 Å². The molecule has 1 heterocycles. The van der Waals surface area contributed by atoms with E-state index < -0.39 is 9.84 Å². The Hall–Kier alpha value is -1.18. The van der Waals surface area contributed by atoms with Gasteiger partial charge in [-0.05, 0) is 31.3 Å². The summed E-state index contributed by atoms with van der Waals surface area (Å²) in [5, 5.41) is 0. The molecule has 0 saturated carbocycles. The van der Waals surface area contributed by atoms with Crippen LogP contribution in [0.2, 0.25) is 0 Å². The van der Waals surface area contributed by atoms with Gasteiger partial charge in [-0.15, -0.1) is 0 Å². The molecule has 19 heavy (non-hydrogen) atoms. The fraction of sp³-hybridized carbons (Fsp3) is 0.417. The van der Waals surface area contributed by atoms with Crippen LogP contribution in [0.3, 0.4) is 0 Å². The van der Waals surface area contributed by atoms with Gasteiger partial charge in [-0.25, -0.2) is 8.42 Å². The number of rotatable bonds is 4. The number of benzene rings is 1. The average molecular weight is 300 g/mol. The van der Waals surface area contributed by atoms with E-state index in [1.807, 2.05) is 17.6 Å². The Balaban J connectivity index is 2.77. The SMILES string of the molecule is COCC(C)n1c(=S)[nH]c2c(S(C)(=O)=O)cccc21. The molecule has 0 aliphatic rings. The third-order valence-electron chi connectivity index (χ3n) is 2.96. The molecular formula is C12H16N2O3S2. The molecule has 0 aliphatic carbocycles. The molecule has 1 unspecified atom stereocenters. The maximum atomic E-state index is 11.8. The van der Waals surface area contributed by atoms with E-state index in [4.69, 9.17) is 17.0 Å². The quantitative estimate of drug-likeness (QED) is 0.880. The van der Waals surface area contributed by atoms with Crippen LogP contribution >= 0.6 is 12.2 Å². The van der Waals surface area contributed by atoms with Crippen LogP contribution in [0.5, 0.6) is 0 Å². The number of imidazole rings is 1. The van der Waals surface area contributed by atoms with Crippen molar-refractivity contribution in [3.63, 3.8) is 0 Å². The van der Waals surface area contributed by atoms with Crippen molar-refractivity contribution in [2.45, 2.75) is 17.9 Å². The first-order valence-corrected chi connectivity index (χ1v) is 8.08. The predicted octanol–water partition coefficient (Wildman–Crippen LogP) is 2.31. The highest BCUT2D eigenvalue weighted by Crippen LogP contribution is 2.25. The van der Waals surface area contributed by atoms with Crippen molar-refractivity contribution in [3.05, 3.63) is 23.0 Å². The molecule has 1 atom stereocenters. The summed E-state index contributed by atoms with van der Waals surface area (Å²) in [5.41, 5.74) is 1.33. The van der Waals surface area contributed by atoms with Crippen molar-refractivity contribution in [2.75, 3.05) is 20.0 Å². The monoisotopic (exact) mass is 300 g/mol. The van der Waals surface area contributed by atoms with Crippen molar-refractivity contribution in [2.24, 2.45) is 0 Å². The van der Waals surface area contributed by atoms with Crippen LogP contribution < -0.4 is 0 Å². The van der Waals surface area contributed by atoms with Crippen LogP contribution in [0.25, 0.3) is 11.0 Å². The van der Waals surface area contributed by atoms with Gasteiger partial charge in [-0.1, -0.05) is 6.07 Å². The second-order valence-corrected chi connectivity index (χ2v) is 6.90. The van der Waals surface area contributed by atoms with E-state index in [9.17, 15) is 8.42 Å². The van der Waals surface area contributed by atoms with E-state index >= 15 is 0 Å². The number of hydrogen-bond donors (Lipinski definition) is 1. The van der Waals surface area contributed by atoms with Crippen molar-refractivity contribution in [3.8, 4) is 0 Å². The maximum absolute atomic E-state index is 11.8. The van der Waals surface area contributed by atoms with Gasteiger partial charge in [0, 0.05) is 13.4 Å². The highest BCUT2D eigenvalue weighted by molar-refractivity contribution is 7.91. The maximum Gasteiger partial charge on any atom is 0.178 e. The molecule has 0 fully saturated rings. The lowest BCUT2D eigenvalue weighted by atomic mass is 10.3. The molecule has 7 heteroatoms. The number of methoxy groups -OCH3 is 1. The number of nitrogens with zero attached hydrogens (tertiary/aromatic N) is 1. The molecular weight excluding hydrogens is 284 g/mol. The van der Waals surface area contributed by atoms with Crippen molar-refractivity contribution in [1.29, 1.82) is 0 Å². The molecule has 1 aromatic heterocycles. The van der Waals surface area contributed by atoms with Crippen molar-refractivity contribution in [1.82, 2.24) is 9.55 Å². The van der Waals surface area contributed by atoms with Crippen LogP contribution in [0.1, 0.15) is 13.0 Å². The number of para-hydroxylation sites is 1. The Morgan fingerprint density at radius 2 is 2.16 bits per heavy atom. The van der Waals surface area contributed by atoms with E-state index in [1.165, 1.54) is 6.26 Å². The van der Waals surface area contributed by atoms with Crippen LogP contribution in [-0.4, -0.2) is 37.9 Å². The number of fused-ring (bicyclic) bond motifs is 1. The molecule has 0 spiro atoms. The van der Waals surface area contributed by atoms with Crippen LogP contribution in [0.4, 0.5) is 0 Å². The second-order valence-electron chi connectivity index (χ2n) is 4.53. The summed E-state index contributed by atoms with van der Waals surface area (Å²) in [4.78, 5) is 3.25. The summed E-state index contributed by atoms with van der Waals surface area (Å²) in [6, 6.07) is 5.18. The zero-order valence-corrected chi connectivity index (χ0v) is 12.6. The Morgan fingerprint density at radius 1 is 1.47 bits per heavy atom. The predicted molar refractivity (Wildman–Crippen MR) is 76.8 cm³/mol. The van der Waals surface area contributed by atoms with E-state index in [-0.39, 0.29) is 10.9 Å². The van der Waals surface area contributed by atoms with Crippen LogP contribution in [0.15, 0.2) is 23.1 Å². The third kappa shape index (κ3) is 2.58. The molecule has 0 aliphatic heterocycles. The van der Waals surface area contributed by atoms with Gasteiger partial charge >= 0.3 is 0 Å². The first-order valence-electron chi connectivity index (χ1n) is 5.78. The van der Waals surface area contributed by atoms with Gasteiger partial charge in [-0.2, -0.15) is 0 Å². The number of aromatic nitrogens is 2. The largest absolute Gasteiger partial charge is 0.383 e. The number of sulfone groups is 1. The van der Waals surface area contributed by atoms with Crippen LogP contribution in [0, 0.1) is 4.77 Å². The van der Waals surface area contributed by atoms with Gasteiger partial charge in [-0.3, -0.25) is 0 Å². The molecule has 1 aromatic carbocycles. The van der Waals surface area contributed by atoms with Gasteiger partial charge in [0.15, 0.2) is 14.6 Å². The topological polar surface area (TPSA) is 64.1 Å². The molecule has 2 rings (SSSR count). The minimum absolute atomic E-state index is 0.0288. The minimum atomic E-state index is -3.29. The Labute approximate surface area is 117 Å². The molecule has 0 saturated heterocycles. The number of nitrogens with one attached hydrogen (secondary N) is 1. The molecule has 0 radical (unpaired) electrons. The summed E-state index contributed by atoms with van der Waals surface area (Å²) < 4.78 is 31.1. The fourth-order valence-electron chi connectivity index (χ4n) is 2.18. The lowest BCUT2D eigenvalue weighted by Gasteiger charge is -2.13. The van der Waals surface area contributed by atoms with Crippen molar-refractivity contribution >= 4 is 33.1 Å². The zero-order chi connectivity index (χ0) is 14.2. The third-order valence-corrected chi connectivity index (χ3v) is 4.40. The van der Waals surface area contributed by atoms with Crippen molar-refractivity contribution < 1.29 is 13.2 Å². The van der Waals surface area contributed by atoms with Gasteiger partial charge < -0.3 is 14.3 Å². The summed E-state index contributed by atoms with van der Waals surface area (Å²) in [5.74, 6) is 0. The first-order chi connectivity index (χ1) is 8.86. The second kappa shape index (κ2) is 5.07. The smallest absolute Gasteiger partial charge is 0.178 e. The van der Waals surface area contributed by atoms with Gasteiger partial charge in [0.1, 0.15) is 0 Å². The van der Waals surface area contributed by atoms with Crippen LogP contribution in [-0.2, 0) is 14.6 Å². The summed E-state index contributed by atoms with van der Waals surface area (Å²) in [7, 11) is -1.67. The average Bonchev–Trinajstić information content (AvgIpc) is 2.63. The number of H-pyrrole nitrogens is 1. The highest BCUT2D eigenvalue weighted by Gasteiger charge is 2.17. The molecule has 5 nitrogen and oxygen atoms in total. The van der Waals surface area contributed by atoms with Gasteiger partial charge in [0.05, 0.1) is 28.6 Å². The molecule has 0 amide bonds. The molecule has 1 N–H and O–H groups in total. The Bertz CT molecular complexity index is 759. The van der Waals surface area contributed by atoms with E-state index in [0.29, 0.717) is 16.9 Å². The normalized spacial score (nSPS) is 13.8. The molecule has 2 aromatic rings. The number of aromatic amines is 1. The first kappa shape index (κ1) is 14.2. The van der Waals surface area contributed by atoms with E-state index in [1.54, 1.807) is 19.2 Å². The fourth-order valence-corrected chi connectivity index (χ4v) is 3.42. The Morgan fingerprint density at radius 3 is 2.74 bits per heavy atom. The standard InChI is InChI=1S/C12H16N2O3S2/c1-8(7-17-2)14-9-5-4-6-10(19(3,15)16)11(9)13-12(14)18/h4-6,8H,7H2,1-3H3,(H,13,18). The Kier molecular flexibility index (Phi) is 3.80.